The summed E-state index contributed by atoms with van der Waals surface area (Å²) in [7, 11) is -3.43. The van der Waals surface area contributed by atoms with E-state index in [1.807, 2.05) is 0 Å². The number of carbonyl (C=O) groups excluding carboxylic acids is 1. The molecule has 0 radical (unpaired) electrons. The number of hydrogen-bond donors (Lipinski definition) is 4. The molecule has 21 heavy (non-hydrogen) atoms. The molecule has 0 spiro atoms. The van der Waals surface area contributed by atoms with Crippen LogP contribution < -0.4 is 16.8 Å². The van der Waals surface area contributed by atoms with Crippen LogP contribution in [0.25, 0.3) is 0 Å². The summed E-state index contributed by atoms with van der Waals surface area (Å²) in [5.41, 5.74) is 10.8. The average molecular weight is 314 g/mol. The third kappa shape index (κ3) is 5.40. The number of hydrogen-bond acceptors (Lipinski definition) is 6. The lowest BCUT2D eigenvalue weighted by Gasteiger charge is -2.06. The van der Waals surface area contributed by atoms with Crippen LogP contribution in [0.15, 0.2) is 34.3 Å². The summed E-state index contributed by atoms with van der Waals surface area (Å²) in [6, 6.07) is 5.71. The zero-order valence-electron chi connectivity index (χ0n) is 11.3. The highest BCUT2D eigenvalue weighted by atomic mass is 32.2. The SMILES string of the molecule is NC(=O)CCNCCS(=O)(=O)c1ccc(/C(N)=N/O)cc1. The number of rotatable bonds is 8. The summed E-state index contributed by atoms with van der Waals surface area (Å²) in [6.07, 6.45) is 0.161. The Kier molecular flexibility index (Phi) is 6.12. The summed E-state index contributed by atoms with van der Waals surface area (Å²) in [4.78, 5) is 10.7. The summed E-state index contributed by atoms with van der Waals surface area (Å²) < 4.78 is 24.1. The fraction of sp³-hybridized carbons (Fsp3) is 0.333. The maximum atomic E-state index is 12.0. The van der Waals surface area contributed by atoms with Crippen molar-refractivity contribution in [1.29, 1.82) is 0 Å². The Morgan fingerprint density at radius 2 is 1.81 bits per heavy atom. The smallest absolute Gasteiger partial charge is 0.218 e. The number of nitrogens with two attached hydrogens (primary N) is 2. The molecule has 0 atom stereocenters. The molecule has 9 heteroatoms. The van der Waals surface area contributed by atoms with Crippen molar-refractivity contribution in [2.75, 3.05) is 18.8 Å². The molecule has 0 aromatic heterocycles. The van der Waals surface area contributed by atoms with Gasteiger partial charge in [0.15, 0.2) is 15.7 Å². The monoisotopic (exact) mass is 314 g/mol. The minimum absolute atomic E-state index is 0.0907. The molecule has 0 unspecified atom stereocenters. The number of sulfone groups is 1. The van der Waals surface area contributed by atoms with Crippen molar-refractivity contribution >= 4 is 21.6 Å². The lowest BCUT2D eigenvalue weighted by Crippen LogP contribution is -2.27. The van der Waals surface area contributed by atoms with Gasteiger partial charge in [0.2, 0.25) is 5.91 Å². The van der Waals surface area contributed by atoms with E-state index in [1.165, 1.54) is 24.3 Å². The van der Waals surface area contributed by atoms with Crippen molar-refractivity contribution in [3.05, 3.63) is 29.8 Å². The number of benzene rings is 1. The first-order valence-electron chi connectivity index (χ1n) is 6.16. The van der Waals surface area contributed by atoms with E-state index in [9.17, 15) is 13.2 Å². The van der Waals surface area contributed by atoms with Gasteiger partial charge >= 0.3 is 0 Å². The maximum absolute atomic E-state index is 12.0. The van der Waals surface area contributed by atoms with Crippen LogP contribution in [0.5, 0.6) is 0 Å². The summed E-state index contributed by atoms with van der Waals surface area (Å²) in [5.74, 6) is -0.634. The van der Waals surface area contributed by atoms with Gasteiger partial charge < -0.3 is 22.0 Å². The second-order valence-corrected chi connectivity index (χ2v) is 6.40. The molecule has 0 fully saturated rings. The highest BCUT2D eigenvalue weighted by Gasteiger charge is 2.14. The van der Waals surface area contributed by atoms with E-state index in [4.69, 9.17) is 16.7 Å². The molecule has 0 aliphatic rings. The lowest BCUT2D eigenvalue weighted by molar-refractivity contribution is -0.117. The van der Waals surface area contributed by atoms with Crippen LogP contribution in [0.2, 0.25) is 0 Å². The van der Waals surface area contributed by atoms with Gasteiger partial charge in [-0.2, -0.15) is 0 Å². The van der Waals surface area contributed by atoms with Gasteiger partial charge in [-0.1, -0.05) is 5.16 Å². The molecule has 6 N–H and O–H groups in total. The minimum Gasteiger partial charge on any atom is -0.409 e. The molecule has 1 aromatic carbocycles. The van der Waals surface area contributed by atoms with Gasteiger partial charge in [-0.05, 0) is 24.3 Å². The summed E-state index contributed by atoms with van der Waals surface area (Å²) >= 11 is 0. The Morgan fingerprint density at radius 1 is 1.19 bits per heavy atom. The van der Waals surface area contributed by atoms with Gasteiger partial charge in [0.1, 0.15) is 0 Å². The normalized spacial score (nSPS) is 12.3. The van der Waals surface area contributed by atoms with Crippen molar-refractivity contribution in [1.82, 2.24) is 5.32 Å². The standard InChI is InChI=1S/C12H18N4O4S/c13-11(17)5-6-15-7-8-21(19,20)10-3-1-9(2-4-10)12(14)16-18/h1-4,15,18H,5-8H2,(H2,13,17)(H2,14,16). The van der Waals surface area contributed by atoms with Gasteiger partial charge in [0, 0.05) is 25.1 Å². The van der Waals surface area contributed by atoms with Crippen molar-refractivity contribution in [3.8, 4) is 0 Å². The highest BCUT2D eigenvalue weighted by Crippen LogP contribution is 2.12. The molecule has 0 aliphatic heterocycles. The molecule has 1 aromatic rings. The second kappa shape index (κ2) is 7.60. The Labute approximate surface area is 122 Å². The van der Waals surface area contributed by atoms with Crippen molar-refractivity contribution in [2.24, 2.45) is 16.6 Å². The first kappa shape index (κ1) is 16.9. The van der Waals surface area contributed by atoms with Gasteiger partial charge in [-0.3, -0.25) is 4.79 Å². The van der Waals surface area contributed by atoms with Crippen LogP contribution in [-0.4, -0.2) is 44.2 Å². The molecule has 0 saturated carbocycles. The first-order valence-corrected chi connectivity index (χ1v) is 7.82. The molecular formula is C12H18N4O4S. The number of primary amides is 1. The van der Waals surface area contributed by atoms with Gasteiger partial charge in [0.25, 0.3) is 0 Å². The number of nitrogens with zero attached hydrogens (tertiary/aromatic N) is 1. The van der Waals surface area contributed by atoms with E-state index >= 15 is 0 Å². The van der Waals surface area contributed by atoms with Crippen LogP contribution in [-0.2, 0) is 14.6 Å². The number of amides is 1. The molecular weight excluding hydrogens is 296 g/mol. The zero-order chi connectivity index (χ0) is 15.9. The highest BCUT2D eigenvalue weighted by molar-refractivity contribution is 7.91. The Hall–Kier alpha value is -2.13. The van der Waals surface area contributed by atoms with Gasteiger partial charge in [0.05, 0.1) is 10.6 Å². The number of amidine groups is 1. The maximum Gasteiger partial charge on any atom is 0.218 e. The Balaban J connectivity index is 2.60. The fourth-order valence-electron chi connectivity index (χ4n) is 1.55. The van der Waals surface area contributed by atoms with E-state index in [0.717, 1.165) is 0 Å². The van der Waals surface area contributed by atoms with Gasteiger partial charge in [-0.15, -0.1) is 0 Å². The third-order valence-electron chi connectivity index (χ3n) is 2.71. The van der Waals surface area contributed by atoms with E-state index in [-0.39, 0.29) is 29.4 Å². The van der Waals surface area contributed by atoms with Crippen LogP contribution >= 0.6 is 0 Å². The van der Waals surface area contributed by atoms with E-state index in [2.05, 4.69) is 10.5 Å². The molecule has 8 nitrogen and oxygen atoms in total. The fourth-order valence-corrected chi connectivity index (χ4v) is 2.75. The molecule has 0 bridgehead atoms. The Bertz CT molecular complexity index is 611. The molecule has 0 aliphatic carbocycles. The third-order valence-corrected chi connectivity index (χ3v) is 4.44. The molecule has 0 heterocycles. The lowest BCUT2D eigenvalue weighted by atomic mass is 10.2. The molecule has 1 amide bonds. The predicted octanol–water partition coefficient (Wildman–Crippen LogP) is -0.980. The molecule has 116 valence electrons. The van der Waals surface area contributed by atoms with Gasteiger partial charge in [-0.25, -0.2) is 8.42 Å². The summed E-state index contributed by atoms with van der Waals surface area (Å²) in [6.45, 7) is 0.560. The van der Waals surface area contributed by atoms with Crippen LogP contribution in [0, 0.1) is 0 Å². The predicted molar refractivity (Wildman–Crippen MR) is 77.7 cm³/mol. The zero-order valence-corrected chi connectivity index (χ0v) is 12.1. The van der Waals surface area contributed by atoms with Crippen molar-refractivity contribution < 1.29 is 18.4 Å². The van der Waals surface area contributed by atoms with Crippen LogP contribution in [0.4, 0.5) is 0 Å². The van der Waals surface area contributed by atoms with Crippen LogP contribution in [0.1, 0.15) is 12.0 Å². The van der Waals surface area contributed by atoms with E-state index < -0.39 is 15.7 Å². The molecule has 1 rings (SSSR count). The van der Waals surface area contributed by atoms with Crippen LogP contribution in [0.3, 0.4) is 0 Å². The quantitative estimate of drug-likeness (QED) is 0.159. The van der Waals surface area contributed by atoms with E-state index in [1.54, 1.807) is 0 Å². The number of oxime groups is 1. The number of carbonyl (C=O) groups is 1. The Morgan fingerprint density at radius 3 is 2.33 bits per heavy atom. The molecule has 0 saturated heterocycles. The van der Waals surface area contributed by atoms with Crippen molar-refractivity contribution in [2.45, 2.75) is 11.3 Å². The summed E-state index contributed by atoms with van der Waals surface area (Å²) in [5, 5.41) is 14.2. The van der Waals surface area contributed by atoms with E-state index in [0.29, 0.717) is 12.1 Å². The van der Waals surface area contributed by atoms with Crippen molar-refractivity contribution in [3.63, 3.8) is 0 Å². The average Bonchev–Trinajstić information content (AvgIpc) is 2.45. The minimum atomic E-state index is -3.43. The first-order chi connectivity index (χ1) is 9.86. The number of nitrogens with one attached hydrogen (secondary N) is 1. The topological polar surface area (TPSA) is 148 Å². The second-order valence-electron chi connectivity index (χ2n) is 4.29. The largest absolute Gasteiger partial charge is 0.409 e.